The zero-order valence-electron chi connectivity index (χ0n) is 13.6. The number of nitrogens with one attached hydrogen (secondary N) is 2. The molecule has 1 unspecified atom stereocenters. The van der Waals surface area contributed by atoms with Crippen LogP contribution in [0.25, 0.3) is 0 Å². The lowest BCUT2D eigenvalue weighted by atomic mass is 10.2. The number of ether oxygens (including phenoxy) is 1. The molecule has 2 amide bonds. The van der Waals surface area contributed by atoms with Crippen molar-refractivity contribution >= 4 is 17.5 Å². The summed E-state index contributed by atoms with van der Waals surface area (Å²) >= 11 is 0. The first kappa shape index (κ1) is 16.2. The molecule has 7 nitrogen and oxygen atoms in total. The number of urea groups is 1. The molecule has 24 heavy (non-hydrogen) atoms. The summed E-state index contributed by atoms with van der Waals surface area (Å²) in [5.41, 5.74) is 0.666. The molecule has 0 spiro atoms. The maximum absolute atomic E-state index is 12.0. The third kappa shape index (κ3) is 4.42. The minimum absolute atomic E-state index is 0.360. The van der Waals surface area contributed by atoms with E-state index in [-0.39, 0.29) is 6.03 Å². The lowest BCUT2D eigenvalue weighted by Gasteiger charge is -2.19. The average molecular weight is 327 g/mol. The van der Waals surface area contributed by atoms with E-state index in [0.717, 1.165) is 13.0 Å². The van der Waals surface area contributed by atoms with Crippen molar-refractivity contribution in [2.45, 2.75) is 18.9 Å². The number of anilines is 2. The maximum atomic E-state index is 12.0. The fraction of sp³-hybridized carbons (Fsp3) is 0.353. The van der Waals surface area contributed by atoms with Gasteiger partial charge in [-0.05, 0) is 44.6 Å². The topological polar surface area (TPSA) is 79.4 Å². The van der Waals surface area contributed by atoms with Crippen LogP contribution >= 0.6 is 0 Å². The molecular weight excluding hydrogens is 306 g/mol. The average Bonchev–Trinajstić information content (AvgIpc) is 2.99. The van der Waals surface area contributed by atoms with E-state index in [1.165, 1.54) is 6.42 Å². The van der Waals surface area contributed by atoms with Gasteiger partial charge in [-0.25, -0.2) is 4.79 Å². The van der Waals surface area contributed by atoms with Crippen molar-refractivity contribution in [1.82, 2.24) is 14.9 Å². The summed E-state index contributed by atoms with van der Waals surface area (Å²) in [4.78, 5) is 22.5. The lowest BCUT2D eigenvalue weighted by Crippen LogP contribution is -2.30. The quantitative estimate of drug-likeness (QED) is 0.882. The Balaban J connectivity index is 1.53. The number of likely N-dealkylation sites (N-methyl/N-ethyl adjacent to an activating group) is 1. The molecule has 126 valence electrons. The molecule has 3 heterocycles. The summed E-state index contributed by atoms with van der Waals surface area (Å²) in [6.45, 7) is 1.72. The van der Waals surface area contributed by atoms with Gasteiger partial charge in [0, 0.05) is 30.2 Å². The van der Waals surface area contributed by atoms with E-state index >= 15 is 0 Å². The monoisotopic (exact) mass is 327 g/mol. The van der Waals surface area contributed by atoms with Gasteiger partial charge in [0.05, 0.1) is 0 Å². The van der Waals surface area contributed by atoms with E-state index in [1.54, 1.807) is 36.7 Å². The smallest absolute Gasteiger partial charge is 0.324 e. The van der Waals surface area contributed by atoms with Gasteiger partial charge in [0.15, 0.2) is 0 Å². The standard InChI is InChI=1S/C17H21N5O2/c1-22-11-3-4-14(22)12-24-16-6-2-5-15(20-16)21-17(23)19-13-7-9-18-10-8-13/h2,5-10,14H,3-4,11-12H2,1H3,(H2,18,19,20,21,23). The van der Waals surface area contributed by atoms with Crippen molar-refractivity contribution in [3.8, 4) is 5.88 Å². The largest absolute Gasteiger partial charge is 0.476 e. The van der Waals surface area contributed by atoms with Gasteiger partial charge >= 0.3 is 6.03 Å². The Bertz CT molecular complexity index is 680. The zero-order chi connectivity index (χ0) is 16.8. The number of carbonyl (C=O) groups excluding carboxylic acids is 1. The molecule has 2 aromatic heterocycles. The summed E-state index contributed by atoms with van der Waals surface area (Å²) < 4.78 is 5.77. The number of pyridine rings is 2. The summed E-state index contributed by atoms with van der Waals surface area (Å²) in [5.74, 6) is 0.954. The molecule has 1 atom stereocenters. The molecule has 1 saturated heterocycles. The summed E-state index contributed by atoms with van der Waals surface area (Å²) in [6, 6.07) is 8.82. The van der Waals surface area contributed by atoms with Gasteiger partial charge in [-0.15, -0.1) is 0 Å². The molecule has 1 aliphatic rings. The van der Waals surface area contributed by atoms with Crippen LogP contribution < -0.4 is 15.4 Å². The Morgan fingerprint density at radius 2 is 2.12 bits per heavy atom. The fourth-order valence-corrected chi connectivity index (χ4v) is 2.65. The van der Waals surface area contributed by atoms with Crippen molar-refractivity contribution in [3.05, 3.63) is 42.7 Å². The number of hydrogen-bond acceptors (Lipinski definition) is 5. The second-order valence-electron chi connectivity index (χ2n) is 5.76. The molecule has 7 heteroatoms. The predicted octanol–water partition coefficient (Wildman–Crippen LogP) is 2.59. The van der Waals surface area contributed by atoms with E-state index < -0.39 is 0 Å². The van der Waals surface area contributed by atoms with Crippen molar-refractivity contribution < 1.29 is 9.53 Å². The third-order valence-corrected chi connectivity index (χ3v) is 4.00. The highest BCUT2D eigenvalue weighted by molar-refractivity contribution is 5.99. The first-order valence-corrected chi connectivity index (χ1v) is 7.99. The Morgan fingerprint density at radius 1 is 1.29 bits per heavy atom. The molecule has 1 aliphatic heterocycles. The van der Waals surface area contributed by atoms with Crippen LogP contribution in [0.1, 0.15) is 12.8 Å². The van der Waals surface area contributed by atoms with E-state index in [9.17, 15) is 4.79 Å². The lowest BCUT2D eigenvalue weighted by molar-refractivity contribution is 0.193. The van der Waals surface area contributed by atoms with Crippen molar-refractivity contribution in [2.24, 2.45) is 0 Å². The van der Waals surface area contributed by atoms with Gasteiger partial charge in [0.2, 0.25) is 5.88 Å². The van der Waals surface area contributed by atoms with Gasteiger partial charge in [-0.2, -0.15) is 4.98 Å². The van der Waals surface area contributed by atoms with Gasteiger partial charge in [-0.3, -0.25) is 10.3 Å². The summed E-state index contributed by atoms with van der Waals surface area (Å²) in [5, 5.41) is 5.41. The van der Waals surface area contributed by atoms with Gasteiger partial charge in [-0.1, -0.05) is 6.07 Å². The molecule has 0 bridgehead atoms. The van der Waals surface area contributed by atoms with Gasteiger partial charge in [0.1, 0.15) is 12.4 Å². The Hall–Kier alpha value is -2.67. The molecule has 1 fully saturated rings. The fourth-order valence-electron chi connectivity index (χ4n) is 2.65. The zero-order valence-corrected chi connectivity index (χ0v) is 13.6. The summed E-state index contributed by atoms with van der Waals surface area (Å²) in [7, 11) is 2.11. The first-order valence-electron chi connectivity index (χ1n) is 7.99. The van der Waals surface area contributed by atoms with Crippen LogP contribution in [0.4, 0.5) is 16.3 Å². The van der Waals surface area contributed by atoms with Gasteiger partial charge < -0.3 is 15.0 Å². The second kappa shape index (κ2) is 7.74. The van der Waals surface area contributed by atoms with Crippen LogP contribution in [0.15, 0.2) is 42.7 Å². The molecule has 3 rings (SSSR count). The first-order chi connectivity index (χ1) is 11.7. The number of carbonyl (C=O) groups is 1. The number of rotatable bonds is 5. The van der Waals surface area contributed by atoms with Crippen molar-refractivity contribution in [3.63, 3.8) is 0 Å². The molecule has 0 aliphatic carbocycles. The van der Waals surface area contributed by atoms with Crippen LogP contribution in [0.2, 0.25) is 0 Å². The maximum Gasteiger partial charge on any atom is 0.324 e. The van der Waals surface area contributed by atoms with Gasteiger partial charge in [0.25, 0.3) is 0 Å². The second-order valence-corrected chi connectivity index (χ2v) is 5.76. The highest BCUT2D eigenvalue weighted by atomic mass is 16.5. The van der Waals surface area contributed by atoms with E-state index in [2.05, 4.69) is 32.5 Å². The minimum atomic E-state index is -0.360. The molecular formula is C17H21N5O2. The van der Waals surface area contributed by atoms with E-state index in [1.807, 2.05) is 6.07 Å². The molecule has 0 saturated carbocycles. The third-order valence-electron chi connectivity index (χ3n) is 4.00. The van der Waals surface area contributed by atoms with Crippen LogP contribution in [0.5, 0.6) is 5.88 Å². The number of likely N-dealkylation sites (tertiary alicyclic amines) is 1. The predicted molar refractivity (Wildman–Crippen MR) is 92.3 cm³/mol. The Kier molecular flexibility index (Phi) is 5.22. The highest BCUT2D eigenvalue weighted by Gasteiger charge is 2.21. The van der Waals surface area contributed by atoms with E-state index in [0.29, 0.717) is 30.0 Å². The van der Waals surface area contributed by atoms with Crippen LogP contribution in [0, 0.1) is 0 Å². The normalized spacial score (nSPS) is 17.5. The van der Waals surface area contributed by atoms with E-state index in [4.69, 9.17) is 4.74 Å². The molecule has 0 radical (unpaired) electrons. The Morgan fingerprint density at radius 3 is 2.88 bits per heavy atom. The molecule has 0 aromatic carbocycles. The SMILES string of the molecule is CN1CCCC1COc1cccc(NC(=O)Nc2ccncc2)n1. The van der Waals surface area contributed by atoms with Crippen LogP contribution in [0.3, 0.4) is 0 Å². The summed E-state index contributed by atoms with van der Waals surface area (Å²) in [6.07, 6.45) is 5.57. The number of aromatic nitrogens is 2. The molecule has 2 N–H and O–H groups in total. The highest BCUT2D eigenvalue weighted by Crippen LogP contribution is 2.17. The minimum Gasteiger partial charge on any atom is -0.476 e. The van der Waals surface area contributed by atoms with Crippen LogP contribution in [-0.2, 0) is 0 Å². The number of amides is 2. The number of nitrogens with zero attached hydrogens (tertiary/aromatic N) is 3. The van der Waals surface area contributed by atoms with Crippen LogP contribution in [-0.4, -0.2) is 47.1 Å². The van der Waals surface area contributed by atoms with Crippen molar-refractivity contribution in [2.75, 3.05) is 30.8 Å². The van der Waals surface area contributed by atoms with Crippen molar-refractivity contribution in [1.29, 1.82) is 0 Å². The molecule has 2 aromatic rings. The Labute approximate surface area is 141 Å². The number of hydrogen-bond donors (Lipinski definition) is 2.